The third kappa shape index (κ3) is 12.1. The Morgan fingerprint density at radius 2 is 0.791 bits per heavy atom. The number of nitrogens with zero attached hydrogens (tertiary/aromatic N) is 1. The van der Waals surface area contributed by atoms with Crippen molar-refractivity contribution in [2.45, 2.75) is 34.3 Å². The van der Waals surface area contributed by atoms with Crippen molar-refractivity contribution in [1.29, 1.82) is 0 Å². The summed E-state index contributed by atoms with van der Waals surface area (Å²) >= 11 is 17.9. The highest BCUT2D eigenvalue weighted by Gasteiger charge is 2.39. The molecule has 43 heavy (non-hydrogen) atoms. The number of carbonyl (C=O) groups is 3. The molecule has 6 atom stereocenters. The standard InChI is InChI=1S/C21H33Cl3N4O12S3/c22-13-7-41(32,33)10-16(13)25-19(29)38-4-1-28(2-5-39-20(30)26-17-11-42(34,35)8-14(17)23)3-6-40-21(31)27-18-12-43(36,37)9-15(18)24/h13-18H,1-12H2,(H,25,29)(H,26,30)(H,27,31). The van der Waals surface area contributed by atoms with Crippen molar-refractivity contribution >= 4 is 82.6 Å². The smallest absolute Gasteiger partial charge is 0.407 e. The summed E-state index contributed by atoms with van der Waals surface area (Å²) in [5, 5.41) is 4.84. The van der Waals surface area contributed by atoms with E-state index in [4.69, 9.17) is 49.0 Å². The van der Waals surface area contributed by atoms with E-state index in [9.17, 15) is 39.6 Å². The highest BCUT2D eigenvalue weighted by atomic mass is 35.5. The number of halogens is 3. The van der Waals surface area contributed by atoms with E-state index >= 15 is 0 Å². The van der Waals surface area contributed by atoms with Crippen molar-refractivity contribution < 1.29 is 53.8 Å². The minimum atomic E-state index is -3.37. The van der Waals surface area contributed by atoms with Crippen LogP contribution in [0.5, 0.6) is 0 Å². The van der Waals surface area contributed by atoms with Crippen molar-refractivity contribution in [3.63, 3.8) is 0 Å². The fourth-order valence-electron chi connectivity index (χ4n) is 4.53. The molecule has 6 unspecified atom stereocenters. The molecule has 3 N–H and O–H groups in total. The van der Waals surface area contributed by atoms with E-state index in [1.807, 2.05) is 0 Å². The van der Waals surface area contributed by atoms with Gasteiger partial charge >= 0.3 is 18.3 Å². The summed E-state index contributed by atoms with van der Waals surface area (Å²) in [5.41, 5.74) is 0. The summed E-state index contributed by atoms with van der Waals surface area (Å²) in [7, 11) is -10.1. The highest BCUT2D eigenvalue weighted by Crippen LogP contribution is 2.19. The molecule has 3 fully saturated rings. The molecule has 0 saturated carbocycles. The van der Waals surface area contributed by atoms with Crippen molar-refractivity contribution in [3.05, 3.63) is 0 Å². The molecule has 22 heteroatoms. The third-order valence-corrected chi connectivity index (χ3v) is 13.8. The molecule has 0 aromatic heterocycles. The molecule has 3 heterocycles. The van der Waals surface area contributed by atoms with Crippen LogP contribution in [-0.4, -0.2) is 157 Å². The summed E-state index contributed by atoms with van der Waals surface area (Å²) in [5.74, 6) is -1.73. The topological polar surface area (TPSA) is 221 Å². The van der Waals surface area contributed by atoms with Gasteiger partial charge in [-0.3, -0.25) is 4.90 Å². The lowest BCUT2D eigenvalue weighted by molar-refractivity contribution is 0.0882. The van der Waals surface area contributed by atoms with Gasteiger partial charge in [-0.15, -0.1) is 34.8 Å². The van der Waals surface area contributed by atoms with Crippen LogP contribution in [0.3, 0.4) is 0 Å². The predicted molar refractivity (Wildman–Crippen MR) is 156 cm³/mol. The van der Waals surface area contributed by atoms with Crippen LogP contribution in [0.1, 0.15) is 0 Å². The number of rotatable bonds is 12. The average molecular weight is 736 g/mol. The zero-order chi connectivity index (χ0) is 32.0. The second-order valence-electron chi connectivity index (χ2n) is 10.3. The van der Waals surface area contributed by atoms with Crippen LogP contribution in [0.2, 0.25) is 0 Å². The second-order valence-corrected chi connectivity index (χ2v) is 18.4. The third-order valence-electron chi connectivity index (χ3n) is 6.68. The number of hydrogen-bond donors (Lipinski definition) is 3. The van der Waals surface area contributed by atoms with Gasteiger partial charge in [0.25, 0.3) is 0 Å². The number of alkyl carbamates (subject to hydrolysis) is 3. The van der Waals surface area contributed by atoms with Crippen LogP contribution in [0.4, 0.5) is 14.4 Å². The van der Waals surface area contributed by atoms with Crippen LogP contribution in [0, 0.1) is 0 Å². The number of alkyl halides is 3. The largest absolute Gasteiger partial charge is 0.448 e. The molecule has 0 spiro atoms. The molecule has 3 rings (SSSR count). The number of ether oxygens (including phenoxy) is 3. The summed E-state index contributed by atoms with van der Waals surface area (Å²) in [6, 6.07) is -2.42. The molecule has 3 aliphatic heterocycles. The molecule has 16 nitrogen and oxygen atoms in total. The maximum atomic E-state index is 12.2. The SMILES string of the molecule is O=C(NC1CS(=O)(=O)CC1Cl)OCCN(CCOC(=O)NC1CS(=O)(=O)CC1Cl)CCOC(=O)NC1CS(=O)(=O)CC1Cl. The average Bonchev–Trinajstić information content (AvgIpc) is 3.38. The number of carbonyl (C=O) groups excluding carboxylic acids is 3. The van der Waals surface area contributed by atoms with Gasteiger partial charge in [0.05, 0.1) is 68.8 Å². The molecule has 0 radical (unpaired) electrons. The molecule has 0 aliphatic carbocycles. The predicted octanol–water partition coefficient (Wildman–Crippen LogP) is -1.32. The van der Waals surface area contributed by atoms with Crippen LogP contribution >= 0.6 is 34.8 Å². The van der Waals surface area contributed by atoms with Gasteiger partial charge in [0.2, 0.25) is 0 Å². The first-order valence-corrected chi connectivity index (χ1v) is 19.8. The molecule has 3 saturated heterocycles. The Morgan fingerprint density at radius 3 is 1.00 bits per heavy atom. The lowest BCUT2D eigenvalue weighted by Crippen LogP contribution is -2.43. The first kappa shape index (κ1) is 36.0. The molecule has 3 aliphatic rings. The summed E-state index contributed by atoms with van der Waals surface area (Å²) in [6.45, 7) is -0.321. The van der Waals surface area contributed by atoms with Crippen LogP contribution in [-0.2, 0) is 43.7 Å². The van der Waals surface area contributed by atoms with Crippen molar-refractivity contribution in [2.24, 2.45) is 0 Å². The fraction of sp³-hybridized carbons (Fsp3) is 0.857. The normalized spacial score (nSPS) is 30.4. The van der Waals surface area contributed by atoms with E-state index in [0.717, 1.165) is 0 Å². The Kier molecular flexibility index (Phi) is 12.7. The maximum absolute atomic E-state index is 12.2. The van der Waals surface area contributed by atoms with Gasteiger partial charge in [0, 0.05) is 19.6 Å². The molecule has 3 amide bonds. The summed E-state index contributed by atoms with van der Waals surface area (Å²) < 4.78 is 85.5. The lowest BCUT2D eigenvalue weighted by atomic mass is 10.3. The first-order chi connectivity index (χ1) is 19.9. The fourth-order valence-corrected chi connectivity index (χ4v) is 12.2. The van der Waals surface area contributed by atoms with Crippen LogP contribution in [0.25, 0.3) is 0 Å². The van der Waals surface area contributed by atoms with Gasteiger partial charge in [0.1, 0.15) is 19.8 Å². The minimum Gasteiger partial charge on any atom is -0.448 e. The minimum absolute atomic E-state index is 0.0753. The Hall–Kier alpha value is -1.51. The van der Waals surface area contributed by atoms with Gasteiger partial charge < -0.3 is 30.2 Å². The Bertz CT molecular complexity index is 1190. The highest BCUT2D eigenvalue weighted by molar-refractivity contribution is 7.92. The number of sulfone groups is 3. The van der Waals surface area contributed by atoms with E-state index in [1.54, 1.807) is 4.90 Å². The van der Waals surface area contributed by atoms with Gasteiger partial charge in [-0.05, 0) is 0 Å². The summed E-state index contributed by atoms with van der Waals surface area (Å²) in [6.07, 6.45) is -2.66. The monoisotopic (exact) mass is 734 g/mol. The van der Waals surface area contributed by atoms with Gasteiger partial charge in [-0.1, -0.05) is 0 Å². The zero-order valence-electron chi connectivity index (χ0n) is 22.7. The second kappa shape index (κ2) is 15.2. The number of nitrogens with one attached hydrogen (secondary N) is 3. The van der Waals surface area contributed by atoms with Gasteiger partial charge in [0.15, 0.2) is 29.5 Å². The zero-order valence-corrected chi connectivity index (χ0v) is 27.4. The quantitative estimate of drug-likeness (QED) is 0.157. The Labute approximate surface area is 264 Å². The van der Waals surface area contributed by atoms with E-state index in [0.29, 0.717) is 0 Å². The van der Waals surface area contributed by atoms with E-state index in [1.165, 1.54) is 0 Å². The number of hydrogen-bond acceptors (Lipinski definition) is 13. The van der Waals surface area contributed by atoms with E-state index in [-0.39, 0.29) is 74.0 Å². The summed E-state index contributed by atoms with van der Waals surface area (Å²) in [4.78, 5) is 38.1. The van der Waals surface area contributed by atoms with Crippen molar-refractivity contribution in [1.82, 2.24) is 20.9 Å². The van der Waals surface area contributed by atoms with E-state index in [2.05, 4.69) is 16.0 Å². The molecule has 0 aromatic carbocycles. The van der Waals surface area contributed by atoms with Crippen molar-refractivity contribution in [3.8, 4) is 0 Å². The van der Waals surface area contributed by atoms with Crippen molar-refractivity contribution in [2.75, 3.05) is 74.0 Å². The lowest BCUT2D eigenvalue weighted by Gasteiger charge is -2.23. The van der Waals surface area contributed by atoms with Crippen LogP contribution in [0.15, 0.2) is 0 Å². The van der Waals surface area contributed by atoms with E-state index < -0.39 is 82.0 Å². The molecular formula is C21H33Cl3N4O12S3. The first-order valence-electron chi connectivity index (χ1n) is 13.0. The molecular weight excluding hydrogens is 703 g/mol. The molecule has 0 aromatic rings. The molecule has 0 bridgehead atoms. The number of amides is 3. The molecule has 248 valence electrons. The maximum Gasteiger partial charge on any atom is 0.407 e. The van der Waals surface area contributed by atoms with Crippen LogP contribution < -0.4 is 16.0 Å². The Morgan fingerprint density at radius 1 is 0.535 bits per heavy atom. The van der Waals surface area contributed by atoms with Gasteiger partial charge in [-0.2, -0.15) is 0 Å². The van der Waals surface area contributed by atoms with Gasteiger partial charge in [-0.25, -0.2) is 39.6 Å². The Balaban J connectivity index is 1.45.